The van der Waals surface area contributed by atoms with E-state index in [0.29, 0.717) is 11.6 Å². The van der Waals surface area contributed by atoms with Crippen LogP contribution in [-0.2, 0) is 9.59 Å². The maximum atomic E-state index is 12.5. The lowest BCUT2D eigenvalue weighted by Gasteiger charge is -2.17. The van der Waals surface area contributed by atoms with Gasteiger partial charge in [0.05, 0.1) is 5.92 Å². The lowest BCUT2D eigenvalue weighted by atomic mass is 10.1. The minimum atomic E-state index is -0.354. The summed E-state index contributed by atoms with van der Waals surface area (Å²) in [4.78, 5) is 26.4. The predicted octanol–water partition coefficient (Wildman–Crippen LogP) is 3.95. The second-order valence-electron chi connectivity index (χ2n) is 6.19. The number of benzene rings is 2. The first kappa shape index (κ1) is 16.5. The quantitative estimate of drug-likeness (QED) is 0.918. The van der Waals surface area contributed by atoms with Crippen LogP contribution >= 0.6 is 11.6 Å². The first-order valence-corrected chi connectivity index (χ1v) is 8.26. The topological polar surface area (TPSA) is 49.4 Å². The van der Waals surface area contributed by atoms with E-state index in [-0.39, 0.29) is 24.2 Å². The number of nitrogens with zero attached hydrogens (tertiary/aromatic N) is 1. The van der Waals surface area contributed by atoms with Gasteiger partial charge < -0.3 is 10.2 Å². The third kappa shape index (κ3) is 3.44. The Morgan fingerprint density at radius 1 is 1.17 bits per heavy atom. The van der Waals surface area contributed by atoms with Crippen LogP contribution in [0.1, 0.15) is 17.5 Å². The van der Waals surface area contributed by atoms with Crippen LogP contribution in [0.4, 0.5) is 11.4 Å². The van der Waals surface area contributed by atoms with Crippen molar-refractivity contribution in [2.24, 2.45) is 5.92 Å². The molecule has 0 aliphatic carbocycles. The Kier molecular flexibility index (Phi) is 4.58. The van der Waals surface area contributed by atoms with E-state index in [0.717, 1.165) is 22.5 Å². The van der Waals surface area contributed by atoms with E-state index in [9.17, 15) is 9.59 Å². The molecule has 1 heterocycles. The summed E-state index contributed by atoms with van der Waals surface area (Å²) < 4.78 is 0. The molecule has 0 saturated carbocycles. The van der Waals surface area contributed by atoms with Crippen molar-refractivity contribution in [3.8, 4) is 0 Å². The number of carbonyl (C=O) groups excluding carboxylic acids is 2. The van der Waals surface area contributed by atoms with Gasteiger partial charge in [0.15, 0.2) is 0 Å². The Hall–Kier alpha value is -2.33. The monoisotopic (exact) mass is 342 g/mol. The normalized spacial score (nSPS) is 17.2. The van der Waals surface area contributed by atoms with Crippen molar-refractivity contribution in [1.29, 1.82) is 0 Å². The van der Waals surface area contributed by atoms with Crippen molar-refractivity contribution in [2.75, 3.05) is 16.8 Å². The minimum absolute atomic E-state index is 0.0431. The van der Waals surface area contributed by atoms with E-state index in [1.165, 1.54) is 0 Å². The predicted molar refractivity (Wildman–Crippen MR) is 96.5 cm³/mol. The van der Waals surface area contributed by atoms with E-state index in [1.807, 2.05) is 32.0 Å². The number of rotatable bonds is 3. The lowest BCUT2D eigenvalue weighted by Crippen LogP contribution is -2.28. The third-order valence-corrected chi connectivity index (χ3v) is 4.54. The molecule has 4 nitrogen and oxygen atoms in total. The Balaban J connectivity index is 1.72. The second-order valence-corrected chi connectivity index (χ2v) is 6.63. The Morgan fingerprint density at radius 3 is 2.58 bits per heavy atom. The number of hydrogen-bond donors (Lipinski definition) is 1. The van der Waals surface area contributed by atoms with Gasteiger partial charge in [-0.2, -0.15) is 0 Å². The van der Waals surface area contributed by atoms with Gasteiger partial charge in [0, 0.05) is 29.4 Å². The van der Waals surface area contributed by atoms with Crippen molar-refractivity contribution in [3.63, 3.8) is 0 Å². The molecule has 24 heavy (non-hydrogen) atoms. The van der Waals surface area contributed by atoms with Crippen LogP contribution in [0.25, 0.3) is 0 Å². The molecular formula is C19H19ClN2O2. The molecule has 0 unspecified atom stereocenters. The summed E-state index contributed by atoms with van der Waals surface area (Å²) in [5.41, 5.74) is 3.66. The number of halogens is 1. The third-order valence-electron chi connectivity index (χ3n) is 4.29. The standard InChI is InChI=1S/C19H19ClN2O2/c1-12-3-4-13(2)17(9-12)21-19(24)14-10-18(23)22(11-14)16-7-5-15(20)6-8-16/h3-9,14H,10-11H2,1-2H3,(H,21,24)/t14-/m1/s1. The molecule has 3 rings (SSSR count). The van der Waals surface area contributed by atoms with Crippen molar-refractivity contribution < 1.29 is 9.59 Å². The lowest BCUT2D eigenvalue weighted by molar-refractivity contribution is -0.122. The van der Waals surface area contributed by atoms with Gasteiger partial charge in [-0.25, -0.2) is 0 Å². The molecule has 2 aromatic rings. The SMILES string of the molecule is Cc1ccc(C)c(NC(=O)[C@@H]2CC(=O)N(c3ccc(Cl)cc3)C2)c1. The molecule has 2 amide bonds. The molecule has 1 atom stereocenters. The summed E-state index contributed by atoms with van der Waals surface area (Å²) in [6, 6.07) is 13.0. The second kappa shape index (κ2) is 6.65. The van der Waals surface area contributed by atoms with Crippen molar-refractivity contribution in [3.05, 3.63) is 58.6 Å². The zero-order valence-electron chi connectivity index (χ0n) is 13.7. The van der Waals surface area contributed by atoms with Gasteiger partial charge in [-0.15, -0.1) is 0 Å². The molecule has 0 bridgehead atoms. The largest absolute Gasteiger partial charge is 0.326 e. The van der Waals surface area contributed by atoms with Crippen LogP contribution in [0.15, 0.2) is 42.5 Å². The molecule has 124 valence electrons. The van der Waals surface area contributed by atoms with Crippen LogP contribution in [0.2, 0.25) is 5.02 Å². The van der Waals surface area contributed by atoms with Gasteiger partial charge in [-0.1, -0.05) is 23.7 Å². The molecule has 2 aromatic carbocycles. The molecule has 5 heteroatoms. The van der Waals surface area contributed by atoms with Gasteiger partial charge in [0.2, 0.25) is 11.8 Å². The average Bonchev–Trinajstić information content (AvgIpc) is 2.94. The van der Waals surface area contributed by atoms with E-state index in [2.05, 4.69) is 5.32 Å². The van der Waals surface area contributed by atoms with Gasteiger partial charge >= 0.3 is 0 Å². The zero-order chi connectivity index (χ0) is 17.3. The van der Waals surface area contributed by atoms with E-state index in [4.69, 9.17) is 11.6 Å². The van der Waals surface area contributed by atoms with Crippen LogP contribution in [-0.4, -0.2) is 18.4 Å². The average molecular weight is 343 g/mol. The maximum absolute atomic E-state index is 12.5. The van der Waals surface area contributed by atoms with Crippen molar-refractivity contribution in [1.82, 2.24) is 0 Å². The fourth-order valence-electron chi connectivity index (χ4n) is 2.86. The first-order chi connectivity index (χ1) is 11.4. The van der Waals surface area contributed by atoms with Gasteiger partial charge in [-0.05, 0) is 55.3 Å². The molecule has 0 radical (unpaired) electrons. The molecule has 0 spiro atoms. The number of anilines is 2. The summed E-state index contributed by atoms with van der Waals surface area (Å²) in [6.45, 7) is 4.32. The highest BCUT2D eigenvalue weighted by atomic mass is 35.5. The zero-order valence-corrected chi connectivity index (χ0v) is 14.4. The number of aryl methyl sites for hydroxylation is 2. The maximum Gasteiger partial charge on any atom is 0.229 e. The summed E-state index contributed by atoms with van der Waals surface area (Å²) in [5.74, 6) is -0.514. The first-order valence-electron chi connectivity index (χ1n) is 7.88. The Labute approximate surface area is 146 Å². The van der Waals surface area contributed by atoms with Gasteiger partial charge in [0.25, 0.3) is 0 Å². The van der Waals surface area contributed by atoms with Crippen LogP contribution < -0.4 is 10.2 Å². The summed E-state index contributed by atoms with van der Waals surface area (Å²) >= 11 is 5.88. The van der Waals surface area contributed by atoms with Crippen LogP contribution in [0.3, 0.4) is 0 Å². The number of nitrogens with one attached hydrogen (secondary N) is 1. The van der Waals surface area contributed by atoms with Crippen LogP contribution in [0, 0.1) is 19.8 Å². The molecule has 1 fully saturated rings. The summed E-state index contributed by atoms with van der Waals surface area (Å²) in [6.07, 6.45) is 0.222. The van der Waals surface area contributed by atoms with Crippen molar-refractivity contribution >= 4 is 34.8 Å². The van der Waals surface area contributed by atoms with Crippen molar-refractivity contribution in [2.45, 2.75) is 20.3 Å². The number of carbonyl (C=O) groups is 2. The molecule has 1 aliphatic rings. The fraction of sp³-hybridized carbons (Fsp3) is 0.263. The highest BCUT2D eigenvalue weighted by Gasteiger charge is 2.35. The molecule has 0 aromatic heterocycles. The fourth-order valence-corrected chi connectivity index (χ4v) is 2.99. The molecule has 1 N–H and O–H groups in total. The van der Waals surface area contributed by atoms with E-state index < -0.39 is 0 Å². The Morgan fingerprint density at radius 2 is 1.88 bits per heavy atom. The van der Waals surface area contributed by atoms with E-state index in [1.54, 1.807) is 29.2 Å². The molecular weight excluding hydrogens is 324 g/mol. The Bertz CT molecular complexity index is 786. The molecule has 1 aliphatic heterocycles. The number of hydrogen-bond acceptors (Lipinski definition) is 2. The number of amides is 2. The summed E-state index contributed by atoms with van der Waals surface area (Å²) in [5, 5.41) is 3.58. The highest BCUT2D eigenvalue weighted by molar-refractivity contribution is 6.30. The highest BCUT2D eigenvalue weighted by Crippen LogP contribution is 2.27. The summed E-state index contributed by atoms with van der Waals surface area (Å²) in [7, 11) is 0. The van der Waals surface area contributed by atoms with Crippen LogP contribution in [0.5, 0.6) is 0 Å². The minimum Gasteiger partial charge on any atom is -0.326 e. The molecule has 1 saturated heterocycles. The smallest absolute Gasteiger partial charge is 0.229 e. The van der Waals surface area contributed by atoms with Gasteiger partial charge in [0.1, 0.15) is 0 Å². The van der Waals surface area contributed by atoms with Gasteiger partial charge in [-0.3, -0.25) is 9.59 Å². The van der Waals surface area contributed by atoms with E-state index >= 15 is 0 Å².